The molecule has 1 N–H and O–H groups in total. The largest absolute Gasteiger partial charge is 0.344 e. The van der Waals surface area contributed by atoms with Gasteiger partial charge in [-0.3, -0.25) is 0 Å². The maximum Gasteiger partial charge on any atom is 0.0453 e. The topological polar surface area (TPSA) is 15.3 Å². The Balaban J connectivity index is 2.44. The minimum Gasteiger partial charge on any atom is -0.344 e. The van der Waals surface area contributed by atoms with Crippen LogP contribution in [0.2, 0.25) is 0 Å². The average Bonchev–Trinajstić information content (AvgIpc) is 2.38. The highest BCUT2D eigenvalue weighted by molar-refractivity contribution is 5.69. The predicted octanol–water partition coefficient (Wildman–Crippen LogP) is 4.10. The summed E-state index contributed by atoms with van der Waals surface area (Å²) in [6.45, 7) is 7.33. The molecule has 0 spiro atoms. The highest BCUT2D eigenvalue weighted by Crippen LogP contribution is 2.30. The summed E-state index contributed by atoms with van der Waals surface area (Å²) < 4.78 is 0. The van der Waals surface area contributed by atoms with Crippen molar-refractivity contribution in [3.63, 3.8) is 0 Å². The van der Waals surface area contributed by atoms with Crippen molar-refractivity contribution < 1.29 is 0 Å². The second kappa shape index (κ2) is 6.10. The molecule has 2 rings (SSSR count). The van der Waals surface area contributed by atoms with Crippen molar-refractivity contribution in [2.75, 3.05) is 19.0 Å². The van der Waals surface area contributed by atoms with E-state index in [0.717, 1.165) is 6.54 Å². The molecular formula is C18H24N2. The van der Waals surface area contributed by atoms with E-state index in [9.17, 15) is 0 Å². The fourth-order valence-corrected chi connectivity index (χ4v) is 2.69. The highest BCUT2D eigenvalue weighted by Gasteiger charge is 2.11. The minimum atomic E-state index is 0.881. The molecular weight excluding hydrogens is 244 g/mol. The van der Waals surface area contributed by atoms with E-state index in [0.29, 0.717) is 0 Å². The number of rotatable bonds is 4. The van der Waals surface area contributed by atoms with E-state index in [-0.39, 0.29) is 0 Å². The van der Waals surface area contributed by atoms with E-state index < -0.39 is 0 Å². The molecule has 0 atom stereocenters. The van der Waals surface area contributed by atoms with E-state index in [2.05, 4.69) is 74.4 Å². The summed E-state index contributed by atoms with van der Waals surface area (Å²) in [6, 6.07) is 13.2. The summed E-state index contributed by atoms with van der Waals surface area (Å²) in [7, 11) is 4.13. The van der Waals surface area contributed by atoms with Crippen LogP contribution in [0, 0.1) is 20.8 Å². The molecule has 106 valence electrons. The normalized spacial score (nSPS) is 10.7. The van der Waals surface area contributed by atoms with E-state index in [4.69, 9.17) is 0 Å². The molecule has 0 aliphatic rings. The Morgan fingerprint density at radius 2 is 1.50 bits per heavy atom. The molecule has 2 heteroatoms. The molecule has 0 aliphatic carbocycles. The SMILES string of the molecule is CNCc1cc(C)ccc1N(C)c1ccc(C)cc1C. The van der Waals surface area contributed by atoms with E-state index >= 15 is 0 Å². The number of benzene rings is 2. The van der Waals surface area contributed by atoms with Gasteiger partial charge in [-0.1, -0.05) is 35.4 Å². The van der Waals surface area contributed by atoms with Crippen molar-refractivity contribution in [1.82, 2.24) is 5.32 Å². The Kier molecular flexibility index (Phi) is 4.46. The molecule has 0 bridgehead atoms. The van der Waals surface area contributed by atoms with Crippen LogP contribution in [0.4, 0.5) is 11.4 Å². The molecule has 2 aromatic rings. The maximum atomic E-state index is 3.26. The monoisotopic (exact) mass is 268 g/mol. The summed E-state index contributed by atoms with van der Waals surface area (Å²) in [4.78, 5) is 2.28. The van der Waals surface area contributed by atoms with Crippen LogP contribution in [-0.2, 0) is 6.54 Å². The smallest absolute Gasteiger partial charge is 0.0453 e. The third kappa shape index (κ3) is 3.02. The van der Waals surface area contributed by atoms with Crippen LogP contribution in [0.5, 0.6) is 0 Å². The van der Waals surface area contributed by atoms with Crippen LogP contribution < -0.4 is 10.2 Å². The number of nitrogens with one attached hydrogen (secondary N) is 1. The van der Waals surface area contributed by atoms with Crippen LogP contribution >= 0.6 is 0 Å². The van der Waals surface area contributed by atoms with Crippen molar-refractivity contribution in [2.45, 2.75) is 27.3 Å². The Hall–Kier alpha value is -1.80. The molecule has 0 unspecified atom stereocenters. The fraction of sp³-hybridized carbons (Fsp3) is 0.333. The Morgan fingerprint density at radius 3 is 2.10 bits per heavy atom. The summed E-state index contributed by atoms with van der Waals surface area (Å²) in [5.41, 5.74) is 7.76. The zero-order valence-corrected chi connectivity index (χ0v) is 13.1. The van der Waals surface area contributed by atoms with Gasteiger partial charge in [-0.2, -0.15) is 0 Å². The lowest BCUT2D eigenvalue weighted by molar-refractivity contribution is 0.815. The van der Waals surface area contributed by atoms with Gasteiger partial charge in [0.2, 0.25) is 0 Å². The van der Waals surface area contributed by atoms with Crippen LogP contribution in [0.3, 0.4) is 0 Å². The van der Waals surface area contributed by atoms with Gasteiger partial charge in [0, 0.05) is 25.0 Å². The first-order valence-corrected chi connectivity index (χ1v) is 7.08. The Bertz CT molecular complexity index is 602. The summed E-state index contributed by atoms with van der Waals surface area (Å²) in [5, 5.41) is 3.26. The van der Waals surface area contributed by atoms with Gasteiger partial charge in [0.1, 0.15) is 0 Å². The van der Waals surface area contributed by atoms with Crippen LogP contribution in [0.15, 0.2) is 36.4 Å². The molecule has 0 heterocycles. The first-order valence-electron chi connectivity index (χ1n) is 7.08. The third-order valence-electron chi connectivity index (χ3n) is 3.68. The van der Waals surface area contributed by atoms with Crippen molar-refractivity contribution in [3.8, 4) is 0 Å². The Morgan fingerprint density at radius 1 is 0.900 bits per heavy atom. The lowest BCUT2D eigenvalue weighted by Gasteiger charge is -2.25. The van der Waals surface area contributed by atoms with Gasteiger partial charge in [-0.15, -0.1) is 0 Å². The average molecular weight is 268 g/mol. The molecule has 0 aliphatic heterocycles. The maximum absolute atomic E-state index is 3.26. The summed E-state index contributed by atoms with van der Waals surface area (Å²) >= 11 is 0. The van der Waals surface area contributed by atoms with E-state index in [1.54, 1.807) is 0 Å². The number of nitrogens with zero attached hydrogens (tertiary/aromatic N) is 1. The number of aryl methyl sites for hydroxylation is 3. The fourth-order valence-electron chi connectivity index (χ4n) is 2.69. The molecule has 0 radical (unpaired) electrons. The van der Waals surface area contributed by atoms with Crippen LogP contribution in [0.1, 0.15) is 22.3 Å². The lowest BCUT2D eigenvalue weighted by Crippen LogP contribution is -2.16. The van der Waals surface area contributed by atoms with Crippen molar-refractivity contribution >= 4 is 11.4 Å². The summed E-state index contributed by atoms with van der Waals surface area (Å²) in [6.07, 6.45) is 0. The number of anilines is 2. The second-order valence-electron chi connectivity index (χ2n) is 5.51. The quantitative estimate of drug-likeness (QED) is 0.898. The van der Waals surface area contributed by atoms with E-state index in [1.807, 2.05) is 7.05 Å². The molecule has 0 amide bonds. The van der Waals surface area contributed by atoms with Crippen LogP contribution in [-0.4, -0.2) is 14.1 Å². The molecule has 2 aromatic carbocycles. The van der Waals surface area contributed by atoms with Gasteiger partial charge in [0.05, 0.1) is 0 Å². The van der Waals surface area contributed by atoms with Gasteiger partial charge >= 0.3 is 0 Å². The standard InChI is InChI=1S/C18H24N2/c1-13-6-8-17(15(3)10-13)20(5)18-9-7-14(2)11-16(18)12-19-4/h6-11,19H,12H2,1-5H3. The highest BCUT2D eigenvalue weighted by atomic mass is 15.1. The van der Waals surface area contributed by atoms with Gasteiger partial charge in [0.25, 0.3) is 0 Å². The molecule has 0 saturated carbocycles. The minimum absolute atomic E-state index is 0.881. The molecule has 0 saturated heterocycles. The molecule has 0 aromatic heterocycles. The zero-order valence-electron chi connectivity index (χ0n) is 13.1. The van der Waals surface area contributed by atoms with Gasteiger partial charge in [0.15, 0.2) is 0 Å². The predicted molar refractivity (Wildman–Crippen MR) is 87.9 cm³/mol. The van der Waals surface area contributed by atoms with E-state index in [1.165, 1.54) is 33.6 Å². The molecule has 20 heavy (non-hydrogen) atoms. The third-order valence-corrected chi connectivity index (χ3v) is 3.68. The Labute approximate surface area is 122 Å². The van der Waals surface area contributed by atoms with Gasteiger partial charge in [-0.25, -0.2) is 0 Å². The molecule has 0 fully saturated rings. The van der Waals surface area contributed by atoms with Gasteiger partial charge in [-0.05, 0) is 51.1 Å². The van der Waals surface area contributed by atoms with Gasteiger partial charge < -0.3 is 10.2 Å². The second-order valence-corrected chi connectivity index (χ2v) is 5.51. The van der Waals surface area contributed by atoms with Crippen molar-refractivity contribution in [2.24, 2.45) is 0 Å². The summed E-state index contributed by atoms with van der Waals surface area (Å²) in [5.74, 6) is 0. The number of hydrogen-bond donors (Lipinski definition) is 1. The first-order chi connectivity index (χ1) is 9.52. The lowest BCUT2D eigenvalue weighted by atomic mass is 10.1. The number of hydrogen-bond acceptors (Lipinski definition) is 2. The van der Waals surface area contributed by atoms with Crippen molar-refractivity contribution in [3.05, 3.63) is 58.7 Å². The first kappa shape index (κ1) is 14.6. The molecule has 2 nitrogen and oxygen atoms in total. The zero-order chi connectivity index (χ0) is 14.7. The van der Waals surface area contributed by atoms with Crippen molar-refractivity contribution in [1.29, 1.82) is 0 Å². The van der Waals surface area contributed by atoms with Crippen LogP contribution in [0.25, 0.3) is 0 Å².